The lowest BCUT2D eigenvalue weighted by atomic mass is 10.2. The number of likely N-dealkylation sites (tertiary alicyclic amines) is 1. The van der Waals surface area contributed by atoms with Crippen LogP contribution >= 0.6 is 24.0 Å². The molecular formula is C19H36IN5O3. The molecule has 0 aromatic carbocycles. The SMILES string of the molecule is CCNC(=NCCCC(=O)NC1CC1)N1CCC(NC(=O)OC(C)(C)C)C1.I. The quantitative estimate of drug-likeness (QED) is 0.212. The highest BCUT2D eigenvalue weighted by Gasteiger charge is 2.28. The van der Waals surface area contributed by atoms with Gasteiger partial charge < -0.3 is 25.6 Å². The van der Waals surface area contributed by atoms with E-state index in [1.165, 1.54) is 0 Å². The smallest absolute Gasteiger partial charge is 0.407 e. The van der Waals surface area contributed by atoms with Crippen LogP contribution in [-0.4, -0.2) is 66.7 Å². The minimum absolute atomic E-state index is 0. The fourth-order valence-electron chi connectivity index (χ4n) is 2.92. The average Bonchev–Trinajstić information content (AvgIpc) is 3.24. The molecule has 1 heterocycles. The lowest BCUT2D eigenvalue weighted by molar-refractivity contribution is -0.121. The highest BCUT2D eigenvalue weighted by molar-refractivity contribution is 14.0. The fraction of sp³-hybridized carbons (Fsp3) is 0.842. The molecule has 162 valence electrons. The van der Waals surface area contributed by atoms with Crippen molar-refractivity contribution >= 4 is 41.9 Å². The largest absolute Gasteiger partial charge is 0.444 e. The number of carbonyl (C=O) groups excluding carboxylic acids is 2. The molecular weight excluding hydrogens is 473 g/mol. The number of aliphatic imine (C=N–C) groups is 1. The van der Waals surface area contributed by atoms with Gasteiger partial charge in [0.1, 0.15) is 5.60 Å². The van der Waals surface area contributed by atoms with Gasteiger partial charge in [-0.15, -0.1) is 24.0 Å². The van der Waals surface area contributed by atoms with Gasteiger partial charge in [0.2, 0.25) is 5.91 Å². The van der Waals surface area contributed by atoms with Crippen LogP contribution in [-0.2, 0) is 9.53 Å². The second kappa shape index (κ2) is 11.7. The summed E-state index contributed by atoms with van der Waals surface area (Å²) in [6, 6.07) is 0.463. The van der Waals surface area contributed by atoms with Crippen molar-refractivity contribution in [3.63, 3.8) is 0 Å². The van der Waals surface area contributed by atoms with E-state index in [2.05, 4.69) is 25.8 Å². The summed E-state index contributed by atoms with van der Waals surface area (Å²) < 4.78 is 5.32. The average molecular weight is 509 g/mol. The number of guanidine groups is 1. The van der Waals surface area contributed by atoms with E-state index in [1.54, 1.807) is 0 Å². The van der Waals surface area contributed by atoms with E-state index in [0.717, 1.165) is 44.7 Å². The number of alkyl carbamates (subject to hydrolysis) is 1. The van der Waals surface area contributed by atoms with Crippen molar-refractivity contribution in [1.29, 1.82) is 0 Å². The summed E-state index contributed by atoms with van der Waals surface area (Å²) in [5.41, 5.74) is -0.495. The third-order valence-electron chi connectivity index (χ3n) is 4.31. The molecule has 0 aromatic heterocycles. The van der Waals surface area contributed by atoms with Gasteiger partial charge in [-0.1, -0.05) is 0 Å². The zero-order valence-electron chi connectivity index (χ0n) is 17.5. The van der Waals surface area contributed by atoms with Crippen LogP contribution in [0.5, 0.6) is 0 Å². The number of rotatable bonds is 7. The van der Waals surface area contributed by atoms with Crippen LogP contribution in [0.25, 0.3) is 0 Å². The molecule has 0 radical (unpaired) electrons. The van der Waals surface area contributed by atoms with Crippen LogP contribution in [0.4, 0.5) is 4.79 Å². The summed E-state index contributed by atoms with van der Waals surface area (Å²) in [5, 5.41) is 9.23. The van der Waals surface area contributed by atoms with Crippen LogP contribution in [0, 0.1) is 0 Å². The first-order valence-electron chi connectivity index (χ1n) is 10.1. The molecule has 8 nitrogen and oxygen atoms in total. The summed E-state index contributed by atoms with van der Waals surface area (Å²) in [6.07, 6.45) is 3.96. The van der Waals surface area contributed by atoms with Gasteiger partial charge in [-0.25, -0.2) is 4.79 Å². The molecule has 2 rings (SSSR count). The zero-order valence-corrected chi connectivity index (χ0v) is 19.9. The van der Waals surface area contributed by atoms with E-state index < -0.39 is 5.60 Å². The van der Waals surface area contributed by atoms with E-state index in [9.17, 15) is 9.59 Å². The Morgan fingerprint density at radius 3 is 2.46 bits per heavy atom. The highest BCUT2D eigenvalue weighted by Crippen LogP contribution is 2.18. The van der Waals surface area contributed by atoms with Gasteiger partial charge in [0.05, 0.1) is 6.04 Å². The standard InChI is InChI=1S/C19H35N5O3.HI/c1-5-20-17(21-11-6-7-16(25)22-14-8-9-14)24-12-10-15(13-24)23-18(26)27-19(2,3)4;/h14-15H,5-13H2,1-4H3,(H,20,21)(H,22,25)(H,23,26);1H. The summed E-state index contributed by atoms with van der Waals surface area (Å²) in [7, 11) is 0. The van der Waals surface area contributed by atoms with Crippen molar-refractivity contribution in [2.45, 2.75) is 77.5 Å². The van der Waals surface area contributed by atoms with Crippen LogP contribution in [0.3, 0.4) is 0 Å². The molecule has 1 aliphatic heterocycles. The van der Waals surface area contributed by atoms with Crippen LogP contribution in [0.1, 0.15) is 59.8 Å². The lowest BCUT2D eigenvalue weighted by Crippen LogP contribution is -2.44. The number of hydrogen-bond donors (Lipinski definition) is 3. The Balaban J connectivity index is 0.00000392. The van der Waals surface area contributed by atoms with Gasteiger partial charge in [-0.2, -0.15) is 0 Å². The number of ether oxygens (including phenoxy) is 1. The molecule has 1 atom stereocenters. The second-order valence-corrected chi connectivity index (χ2v) is 8.26. The second-order valence-electron chi connectivity index (χ2n) is 8.26. The molecule has 2 amide bonds. The number of hydrogen-bond acceptors (Lipinski definition) is 4. The zero-order chi connectivity index (χ0) is 19.9. The minimum atomic E-state index is -0.495. The van der Waals surface area contributed by atoms with Gasteiger partial charge in [0.15, 0.2) is 5.96 Å². The van der Waals surface area contributed by atoms with Crippen molar-refractivity contribution < 1.29 is 14.3 Å². The van der Waals surface area contributed by atoms with E-state index in [-0.39, 0.29) is 42.0 Å². The summed E-state index contributed by atoms with van der Waals surface area (Å²) in [4.78, 5) is 30.5. The first-order chi connectivity index (χ1) is 12.8. The van der Waals surface area contributed by atoms with Gasteiger partial charge >= 0.3 is 6.09 Å². The molecule has 28 heavy (non-hydrogen) atoms. The first kappa shape index (κ1) is 24.8. The number of nitrogens with one attached hydrogen (secondary N) is 3. The first-order valence-corrected chi connectivity index (χ1v) is 10.1. The van der Waals surface area contributed by atoms with E-state index >= 15 is 0 Å². The Morgan fingerprint density at radius 2 is 1.86 bits per heavy atom. The van der Waals surface area contributed by atoms with Gasteiger partial charge in [-0.05, 0) is 53.4 Å². The Labute approximate surface area is 185 Å². The molecule has 0 spiro atoms. The Kier molecular flexibility index (Phi) is 10.3. The number of carbonyl (C=O) groups is 2. The van der Waals surface area contributed by atoms with Gasteiger partial charge in [0.25, 0.3) is 0 Å². The summed E-state index contributed by atoms with van der Waals surface area (Å²) >= 11 is 0. The van der Waals surface area contributed by atoms with Crippen molar-refractivity contribution in [1.82, 2.24) is 20.9 Å². The van der Waals surface area contributed by atoms with Crippen LogP contribution in [0.2, 0.25) is 0 Å². The Bertz CT molecular complexity index is 546. The maximum absolute atomic E-state index is 11.9. The molecule has 0 bridgehead atoms. The van der Waals surface area contributed by atoms with Crippen LogP contribution < -0.4 is 16.0 Å². The van der Waals surface area contributed by atoms with Gasteiger partial charge in [0, 0.05) is 38.6 Å². The van der Waals surface area contributed by atoms with Crippen molar-refractivity contribution in [3.05, 3.63) is 0 Å². The molecule has 3 N–H and O–H groups in total. The van der Waals surface area contributed by atoms with Crippen molar-refractivity contribution in [2.75, 3.05) is 26.2 Å². The lowest BCUT2D eigenvalue weighted by Gasteiger charge is -2.23. The third-order valence-corrected chi connectivity index (χ3v) is 4.31. The molecule has 1 aliphatic carbocycles. The summed E-state index contributed by atoms with van der Waals surface area (Å²) in [6.45, 7) is 10.5. The Hall–Kier alpha value is -1.26. The molecule has 9 heteroatoms. The third kappa shape index (κ3) is 9.79. The Morgan fingerprint density at radius 1 is 1.14 bits per heavy atom. The summed E-state index contributed by atoms with van der Waals surface area (Å²) in [5.74, 6) is 0.967. The van der Waals surface area contributed by atoms with Crippen molar-refractivity contribution in [3.8, 4) is 0 Å². The van der Waals surface area contributed by atoms with E-state index in [4.69, 9.17) is 4.74 Å². The van der Waals surface area contributed by atoms with Crippen LogP contribution in [0.15, 0.2) is 4.99 Å². The molecule has 1 unspecified atom stereocenters. The normalized spacial score (nSPS) is 19.6. The monoisotopic (exact) mass is 509 g/mol. The molecule has 1 saturated heterocycles. The topological polar surface area (TPSA) is 95.1 Å². The van der Waals surface area contributed by atoms with Crippen molar-refractivity contribution in [2.24, 2.45) is 4.99 Å². The maximum Gasteiger partial charge on any atom is 0.407 e. The highest BCUT2D eigenvalue weighted by atomic mass is 127. The maximum atomic E-state index is 11.9. The number of nitrogens with zero attached hydrogens (tertiary/aromatic N) is 2. The van der Waals surface area contributed by atoms with E-state index in [0.29, 0.717) is 25.6 Å². The number of amides is 2. The predicted octanol–water partition coefficient (Wildman–Crippen LogP) is 2.23. The van der Waals surface area contributed by atoms with E-state index in [1.807, 2.05) is 27.7 Å². The number of halogens is 1. The fourth-order valence-corrected chi connectivity index (χ4v) is 2.92. The molecule has 2 aliphatic rings. The van der Waals surface area contributed by atoms with Gasteiger partial charge in [-0.3, -0.25) is 9.79 Å². The predicted molar refractivity (Wildman–Crippen MR) is 121 cm³/mol. The molecule has 2 fully saturated rings. The molecule has 0 aromatic rings. The minimum Gasteiger partial charge on any atom is -0.444 e. The molecule has 1 saturated carbocycles.